The van der Waals surface area contributed by atoms with Crippen molar-refractivity contribution < 1.29 is 19.1 Å². The molecule has 0 spiro atoms. The number of fused-ring (bicyclic) bond motifs is 2. The maximum absolute atomic E-state index is 13.2. The van der Waals surface area contributed by atoms with E-state index >= 15 is 0 Å². The first-order valence-electron chi connectivity index (χ1n) is 12.7. The van der Waals surface area contributed by atoms with Gasteiger partial charge in [-0.2, -0.15) is 0 Å². The number of primary amides is 1. The lowest BCUT2D eigenvalue weighted by atomic mass is 9.96. The zero-order valence-corrected chi connectivity index (χ0v) is 20.5. The van der Waals surface area contributed by atoms with E-state index in [-0.39, 0.29) is 23.8 Å². The van der Waals surface area contributed by atoms with Gasteiger partial charge in [0.25, 0.3) is 11.8 Å². The summed E-state index contributed by atoms with van der Waals surface area (Å²) in [4.78, 5) is 43.6. The second kappa shape index (κ2) is 10.3. The number of ether oxygens (including phenoxy) is 1. The van der Waals surface area contributed by atoms with E-state index in [1.54, 1.807) is 31.3 Å². The number of rotatable bonds is 7. The predicted octanol–water partition coefficient (Wildman–Crippen LogP) is 2.90. The standard InChI is InChI=1S/C27H33N5O4/c1-16(33)18-3-7-25(29-15-18)32-21-4-5-22(32)14-20(13-21)31-27(35)17-2-6-23(26(28)34)24(12-17)30-19-8-10-36-11-9-19/h2-3,6-7,12,15,19-22,30H,4-5,8-11,13-14H2,1H3,(H2,28,34)(H,31,35)/t20-,21+,22-. The maximum Gasteiger partial charge on any atom is 0.251 e. The van der Waals surface area contributed by atoms with Crippen molar-refractivity contribution in [3.05, 3.63) is 53.2 Å². The number of amides is 2. The third-order valence-electron chi connectivity index (χ3n) is 7.62. The molecule has 190 valence electrons. The lowest BCUT2D eigenvalue weighted by Crippen LogP contribution is -2.50. The quantitative estimate of drug-likeness (QED) is 0.508. The number of Topliss-reactive ketones (excluding diaryl/α,β-unsaturated/α-hetero) is 1. The molecule has 3 aliphatic rings. The maximum atomic E-state index is 13.2. The molecule has 0 aliphatic carbocycles. The van der Waals surface area contributed by atoms with Gasteiger partial charge in [-0.25, -0.2) is 4.98 Å². The van der Waals surface area contributed by atoms with Crippen LogP contribution >= 0.6 is 0 Å². The van der Waals surface area contributed by atoms with E-state index in [4.69, 9.17) is 10.5 Å². The molecule has 3 saturated heterocycles. The molecule has 9 nitrogen and oxygen atoms in total. The molecule has 1 aromatic heterocycles. The van der Waals surface area contributed by atoms with Gasteiger partial charge in [0.2, 0.25) is 0 Å². The van der Waals surface area contributed by atoms with Gasteiger partial charge in [0.05, 0.1) is 5.56 Å². The van der Waals surface area contributed by atoms with E-state index in [2.05, 4.69) is 20.5 Å². The molecular formula is C27H33N5O4. The largest absolute Gasteiger partial charge is 0.381 e. The van der Waals surface area contributed by atoms with Crippen molar-refractivity contribution in [1.29, 1.82) is 0 Å². The molecule has 2 aromatic rings. The number of nitrogens with two attached hydrogens (primary N) is 1. The zero-order valence-electron chi connectivity index (χ0n) is 20.5. The van der Waals surface area contributed by atoms with Gasteiger partial charge in [0.15, 0.2) is 5.78 Å². The van der Waals surface area contributed by atoms with Crippen LogP contribution in [0.5, 0.6) is 0 Å². The third-order valence-corrected chi connectivity index (χ3v) is 7.62. The molecule has 36 heavy (non-hydrogen) atoms. The first-order valence-corrected chi connectivity index (χ1v) is 12.7. The van der Waals surface area contributed by atoms with Crippen LogP contribution in [-0.4, -0.2) is 60.0 Å². The molecule has 0 radical (unpaired) electrons. The first kappa shape index (κ1) is 24.2. The Bertz CT molecular complexity index is 1130. The van der Waals surface area contributed by atoms with Gasteiger partial charge in [-0.15, -0.1) is 0 Å². The molecule has 4 heterocycles. The van der Waals surface area contributed by atoms with Gasteiger partial charge >= 0.3 is 0 Å². The Balaban J connectivity index is 1.26. The van der Waals surface area contributed by atoms with Gasteiger partial charge in [-0.05, 0) is 75.8 Å². The summed E-state index contributed by atoms with van der Waals surface area (Å²) in [7, 11) is 0. The van der Waals surface area contributed by atoms with Crippen molar-refractivity contribution in [2.75, 3.05) is 23.4 Å². The van der Waals surface area contributed by atoms with Gasteiger partial charge in [-0.3, -0.25) is 14.4 Å². The van der Waals surface area contributed by atoms with Gasteiger partial charge < -0.3 is 26.0 Å². The number of hydrogen-bond donors (Lipinski definition) is 3. The van der Waals surface area contributed by atoms with Crippen LogP contribution < -0.4 is 21.3 Å². The molecule has 2 bridgehead atoms. The highest BCUT2D eigenvalue weighted by Gasteiger charge is 2.41. The molecule has 4 N–H and O–H groups in total. The van der Waals surface area contributed by atoms with Crippen molar-refractivity contribution in [3.8, 4) is 0 Å². The summed E-state index contributed by atoms with van der Waals surface area (Å²) in [6.45, 7) is 2.88. The molecule has 1 aromatic carbocycles. The van der Waals surface area contributed by atoms with Crippen molar-refractivity contribution in [1.82, 2.24) is 10.3 Å². The number of carbonyl (C=O) groups is 3. The van der Waals surface area contributed by atoms with Crippen molar-refractivity contribution in [3.63, 3.8) is 0 Å². The Hall–Kier alpha value is -3.46. The average molecular weight is 492 g/mol. The van der Waals surface area contributed by atoms with Crippen molar-refractivity contribution >= 4 is 29.1 Å². The van der Waals surface area contributed by atoms with Crippen LogP contribution in [-0.2, 0) is 4.74 Å². The summed E-state index contributed by atoms with van der Waals surface area (Å²) >= 11 is 0. The summed E-state index contributed by atoms with van der Waals surface area (Å²) in [5.74, 6) is 0.227. The van der Waals surface area contributed by atoms with Crippen LogP contribution in [0.15, 0.2) is 36.5 Å². The van der Waals surface area contributed by atoms with E-state index in [0.29, 0.717) is 47.7 Å². The number of ketones is 1. The Morgan fingerprint density at radius 2 is 1.67 bits per heavy atom. The minimum Gasteiger partial charge on any atom is -0.381 e. The fourth-order valence-electron chi connectivity index (χ4n) is 5.77. The fraction of sp³-hybridized carbons (Fsp3) is 0.481. The highest BCUT2D eigenvalue weighted by molar-refractivity contribution is 6.02. The molecule has 3 aliphatic heterocycles. The third kappa shape index (κ3) is 5.06. The van der Waals surface area contributed by atoms with E-state index in [1.807, 2.05) is 12.1 Å². The van der Waals surface area contributed by atoms with Gasteiger partial charge in [-0.1, -0.05) is 0 Å². The highest BCUT2D eigenvalue weighted by Crippen LogP contribution is 2.38. The minimum atomic E-state index is -0.523. The van der Waals surface area contributed by atoms with E-state index in [9.17, 15) is 14.4 Å². The number of hydrogen-bond acceptors (Lipinski definition) is 7. The summed E-state index contributed by atoms with van der Waals surface area (Å²) in [6, 6.07) is 9.61. The van der Waals surface area contributed by atoms with E-state index < -0.39 is 5.91 Å². The number of carbonyl (C=O) groups excluding carboxylic acids is 3. The van der Waals surface area contributed by atoms with Crippen LogP contribution in [0.4, 0.5) is 11.5 Å². The molecule has 5 rings (SSSR count). The summed E-state index contributed by atoms with van der Waals surface area (Å²) in [6.07, 6.45) is 7.10. The smallest absolute Gasteiger partial charge is 0.251 e. The molecule has 2 amide bonds. The molecule has 3 fully saturated rings. The lowest BCUT2D eigenvalue weighted by Gasteiger charge is -2.40. The Kier molecular flexibility index (Phi) is 6.91. The van der Waals surface area contributed by atoms with E-state index in [1.165, 1.54) is 0 Å². The fourth-order valence-corrected chi connectivity index (χ4v) is 5.77. The normalized spacial score (nSPS) is 23.8. The topological polar surface area (TPSA) is 127 Å². The SMILES string of the molecule is CC(=O)c1ccc(N2[C@@H]3CC[C@H]2C[C@@H](NC(=O)c2ccc(C(N)=O)c(NC4CCOCC4)c2)C3)nc1. The number of aromatic nitrogens is 1. The van der Waals surface area contributed by atoms with Crippen LogP contribution in [0, 0.1) is 0 Å². The molecule has 0 saturated carbocycles. The predicted molar refractivity (Wildman–Crippen MR) is 136 cm³/mol. The van der Waals surface area contributed by atoms with Crippen LogP contribution in [0.25, 0.3) is 0 Å². The Morgan fingerprint density at radius 1 is 0.972 bits per heavy atom. The number of anilines is 2. The second-order valence-corrected chi connectivity index (χ2v) is 10.1. The summed E-state index contributed by atoms with van der Waals surface area (Å²) in [5, 5.41) is 6.61. The Labute approximate surface area is 210 Å². The zero-order chi connectivity index (χ0) is 25.2. The van der Waals surface area contributed by atoms with Crippen LogP contribution in [0.3, 0.4) is 0 Å². The molecule has 3 atom stereocenters. The molecular weight excluding hydrogens is 458 g/mol. The van der Waals surface area contributed by atoms with Crippen molar-refractivity contribution in [2.45, 2.75) is 69.6 Å². The number of nitrogens with zero attached hydrogens (tertiary/aromatic N) is 2. The first-order chi connectivity index (χ1) is 17.4. The molecule has 9 heteroatoms. The number of pyridine rings is 1. The number of benzene rings is 1. The van der Waals surface area contributed by atoms with E-state index in [0.717, 1.165) is 44.3 Å². The second-order valence-electron chi connectivity index (χ2n) is 10.1. The number of nitrogens with one attached hydrogen (secondary N) is 2. The van der Waals surface area contributed by atoms with Gasteiger partial charge in [0, 0.05) is 60.4 Å². The average Bonchev–Trinajstić information content (AvgIpc) is 3.14. The Morgan fingerprint density at radius 3 is 2.28 bits per heavy atom. The van der Waals surface area contributed by atoms with Crippen molar-refractivity contribution in [2.24, 2.45) is 5.73 Å². The van der Waals surface area contributed by atoms with Crippen LogP contribution in [0.2, 0.25) is 0 Å². The lowest BCUT2D eigenvalue weighted by molar-refractivity contribution is 0.0902. The monoisotopic (exact) mass is 491 g/mol. The van der Waals surface area contributed by atoms with Gasteiger partial charge in [0.1, 0.15) is 5.82 Å². The molecule has 0 unspecified atom stereocenters. The van der Waals surface area contributed by atoms with Crippen LogP contribution in [0.1, 0.15) is 76.5 Å². The highest BCUT2D eigenvalue weighted by atomic mass is 16.5. The minimum absolute atomic E-state index is 0.00780. The number of piperidine rings is 1. The summed E-state index contributed by atoms with van der Waals surface area (Å²) < 4.78 is 5.42. The summed E-state index contributed by atoms with van der Waals surface area (Å²) in [5.41, 5.74) is 7.68.